The van der Waals surface area contributed by atoms with Gasteiger partial charge in [-0.25, -0.2) is 0 Å². The summed E-state index contributed by atoms with van der Waals surface area (Å²) in [6, 6.07) is 17.9. The molecule has 0 fully saturated rings. The predicted molar refractivity (Wildman–Crippen MR) is 107 cm³/mol. The molecule has 0 saturated heterocycles. The predicted octanol–water partition coefficient (Wildman–Crippen LogP) is 4.73. The van der Waals surface area contributed by atoms with E-state index in [1.165, 1.54) is 0 Å². The molecule has 136 valence electrons. The number of aromatic nitrogens is 1. The third kappa shape index (κ3) is 5.76. The van der Waals surface area contributed by atoms with Crippen LogP contribution in [-0.2, 0) is 17.6 Å². The Hall–Kier alpha value is -2.98. The summed E-state index contributed by atoms with van der Waals surface area (Å²) >= 11 is 5.83. The minimum Gasteiger partial charge on any atom is -0.322 e. The number of rotatable bonds is 7. The number of Topliss-reactive ketones (excluding diaryl/α,β-unsaturated/α-hetero) is 1. The molecule has 1 N–H and O–H groups in total. The van der Waals surface area contributed by atoms with Crippen LogP contribution in [0.4, 0.5) is 5.69 Å². The first-order chi connectivity index (χ1) is 13.1. The zero-order chi connectivity index (χ0) is 19.1. The molecule has 0 atom stereocenters. The summed E-state index contributed by atoms with van der Waals surface area (Å²) in [5.41, 5.74) is 3.21. The maximum atomic E-state index is 12.2. The van der Waals surface area contributed by atoms with Crippen molar-refractivity contribution in [3.8, 4) is 0 Å². The van der Waals surface area contributed by atoms with E-state index >= 15 is 0 Å². The van der Waals surface area contributed by atoms with Crippen molar-refractivity contribution in [2.24, 2.45) is 0 Å². The van der Waals surface area contributed by atoms with Crippen molar-refractivity contribution >= 4 is 29.0 Å². The molecule has 3 rings (SSSR count). The van der Waals surface area contributed by atoms with Crippen molar-refractivity contribution in [2.45, 2.75) is 19.3 Å². The van der Waals surface area contributed by atoms with Gasteiger partial charge in [-0.05, 0) is 60.0 Å². The Morgan fingerprint density at radius 3 is 2.33 bits per heavy atom. The summed E-state index contributed by atoms with van der Waals surface area (Å²) in [6.07, 6.45) is 5.07. The largest absolute Gasteiger partial charge is 0.322 e. The lowest BCUT2D eigenvalue weighted by Gasteiger charge is -2.07. The van der Waals surface area contributed by atoms with Gasteiger partial charge in [0.05, 0.1) is 0 Å². The molecule has 0 saturated carbocycles. The van der Waals surface area contributed by atoms with Crippen LogP contribution in [-0.4, -0.2) is 16.7 Å². The molecule has 27 heavy (non-hydrogen) atoms. The molecule has 0 spiro atoms. The first-order valence-corrected chi connectivity index (χ1v) is 9.04. The van der Waals surface area contributed by atoms with Gasteiger partial charge in [0.2, 0.25) is 0 Å². The molecule has 1 aromatic heterocycles. The molecular weight excluding hydrogens is 360 g/mol. The molecule has 1 amide bonds. The second kappa shape index (κ2) is 9.10. The fraction of sp³-hybridized carbons (Fsp3) is 0.136. The third-order valence-electron chi connectivity index (χ3n) is 4.13. The lowest BCUT2D eigenvalue weighted by molar-refractivity contribution is -0.118. The summed E-state index contributed by atoms with van der Waals surface area (Å²) in [4.78, 5) is 28.4. The van der Waals surface area contributed by atoms with E-state index in [0.717, 1.165) is 11.1 Å². The van der Waals surface area contributed by atoms with Crippen LogP contribution in [0.3, 0.4) is 0 Å². The zero-order valence-corrected chi connectivity index (χ0v) is 15.4. The van der Waals surface area contributed by atoms with Gasteiger partial charge < -0.3 is 5.32 Å². The van der Waals surface area contributed by atoms with Gasteiger partial charge in [-0.1, -0.05) is 29.8 Å². The quantitative estimate of drug-likeness (QED) is 0.646. The Morgan fingerprint density at radius 2 is 1.67 bits per heavy atom. The van der Waals surface area contributed by atoms with Crippen LogP contribution >= 0.6 is 11.6 Å². The highest BCUT2D eigenvalue weighted by Crippen LogP contribution is 2.14. The molecule has 1 heterocycles. The van der Waals surface area contributed by atoms with Gasteiger partial charge in [0.1, 0.15) is 5.78 Å². The van der Waals surface area contributed by atoms with E-state index in [1.54, 1.807) is 48.8 Å². The topological polar surface area (TPSA) is 59.1 Å². The molecule has 0 unspecified atom stereocenters. The van der Waals surface area contributed by atoms with Gasteiger partial charge in [0, 0.05) is 41.5 Å². The van der Waals surface area contributed by atoms with Gasteiger partial charge in [-0.15, -0.1) is 0 Å². The molecule has 0 aliphatic carbocycles. The average Bonchev–Trinajstić information content (AvgIpc) is 2.69. The molecule has 2 aromatic carbocycles. The van der Waals surface area contributed by atoms with E-state index < -0.39 is 0 Å². The number of benzene rings is 2. The molecular formula is C22H19ClN2O2. The van der Waals surface area contributed by atoms with Crippen LogP contribution in [0.1, 0.15) is 27.9 Å². The number of nitrogens with zero attached hydrogens (tertiary/aromatic N) is 1. The first-order valence-electron chi connectivity index (χ1n) is 8.66. The van der Waals surface area contributed by atoms with E-state index in [1.807, 2.05) is 24.3 Å². The molecule has 0 aliphatic heterocycles. The highest BCUT2D eigenvalue weighted by Gasteiger charge is 2.08. The number of hydrogen-bond donors (Lipinski definition) is 1. The first kappa shape index (κ1) is 18.8. The van der Waals surface area contributed by atoms with Crippen molar-refractivity contribution in [3.05, 3.63) is 94.8 Å². The Kier molecular flexibility index (Phi) is 6.34. The van der Waals surface area contributed by atoms with Crippen LogP contribution in [0.25, 0.3) is 0 Å². The third-order valence-corrected chi connectivity index (χ3v) is 4.39. The summed E-state index contributed by atoms with van der Waals surface area (Å²) < 4.78 is 0. The number of carbonyl (C=O) groups excluding carboxylic acids is 2. The van der Waals surface area contributed by atoms with E-state index in [9.17, 15) is 9.59 Å². The Bertz CT molecular complexity index is 907. The van der Waals surface area contributed by atoms with E-state index in [-0.39, 0.29) is 11.7 Å². The molecule has 0 radical (unpaired) electrons. The number of pyridine rings is 1. The second-order valence-electron chi connectivity index (χ2n) is 6.23. The van der Waals surface area contributed by atoms with Gasteiger partial charge in [-0.3, -0.25) is 14.6 Å². The summed E-state index contributed by atoms with van der Waals surface area (Å²) in [7, 11) is 0. The smallest absolute Gasteiger partial charge is 0.255 e. The Morgan fingerprint density at radius 1 is 0.926 bits per heavy atom. The van der Waals surface area contributed by atoms with Crippen molar-refractivity contribution in [1.29, 1.82) is 0 Å². The minimum absolute atomic E-state index is 0.178. The molecule has 3 aromatic rings. The van der Waals surface area contributed by atoms with Crippen molar-refractivity contribution in [2.75, 3.05) is 5.32 Å². The van der Waals surface area contributed by atoms with Crippen LogP contribution in [0.5, 0.6) is 0 Å². The normalized spacial score (nSPS) is 10.4. The summed E-state index contributed by atoms with van der Waals surface area (Å²) in [5, 5.41) is 3.42. The highest BCUT2D eigenvalue weighted by molar-refractivity contribution is 6.30. The number of nitrogens with one attached hydrogen (secondary N) is 1. The molecule has 5 heteroatoms. The number of carbonyl (C=O) groups is 2. The fourth-order valence-corrected chi connectivity index (χ4v) is 2.78. The van der Waals surface area contributed by atoms with Gasteiger partial charge in [0.25, 0.3) is 5.91 Å². The minimum atomic E-state index is -0.202. The average molecular weight is 379 g/mol. The lowest BCUT2D eigenvalue weighted by atomic mass is 10.0. The summed E-state index contributed by atoms with van der Waals surface area (Å²) in [6.45, 7) is 0. The van der Waals surface area contributed by atoms with E-state index in [2.05, 4.69) is 10.3 Å². The van der Waals surface area contributed by atoms with E-state index in [0.29, 0.717) is 35.5 Å². The monoisotopic (exact) mass is 378 g/mol. The molecule has 4 nitrogen and oxygen atoms in total. The fourth-order valence-electron chi connectivity index (χ4n) is 2.66. The van der Waals surface area contributed by atoms with Crippen molar-refractivity contribution in [1.82, 2.24) is 4.98 Å². The second-order valence-corrected chi connectivity index (χ2v) is 6.67. The van der Waals surface area contributed by atoms with Crippen LogP contribution < -0.4 is 5.32 Å². The van der Waals surface area contributed by atoms with Crippen LogP contribution in [0, 0.1) is 0 Å². The molecule has 0 aliphatic rings. The van der Waals surface area contributed by atoms with Gasteiger partial charge in [0.15, 0.2) is 0 Å². The molecule has 0 bridgehead atoms. The van der Waals surface area contributed by atoms with Crippen LogP contribution in [0.15, 0.2) is 73.1 Å². The van der Waals surface area contributed by atoms with E-state index in [4.69, 9.17) is 11.6 Å². The standard InChI is InChI=1S/C22H19ClN2O2/c23-19-8-6-18(7-9-19)22(27)25-20-10-3-16(4-11-20)14-21(26)12-5-17-2-1-13-24-15-17/h1-4,6-11,13,15H,5,12,14H2,(H,25,27). The SMILES string of the molecule is O=C(CCc1cccnc1)Cc1ccc(NC(=O)c2ccc(Cl)cc2)cc1. The summed E-state index contributed by atoms with van der Waals surface area (Å²) in [5.74, 6) is -0.0243. The van der Waals surface area contributed by atoms with Crippen molar-refractivity contribution in [3.63, 3.8) is 0 Å². The maximum absolute atomic E-state index is 12.2. The van der Waals surface area contributed by atoms with Gasteiger partial charge >= 0.3 is 0 Å². The number of amides is 1. The Balaban J connectivity index is 1.51. The number of aryl methyl sites for hydroxylation is 1. The maximum Gasteiger partial charge on any atom is 0.255 e. The number of halogens is 1. The lowest BCUT2D eigenvalue weighted by Crippen LogP contribution is -2.11. The van der Waals surface area contributed by atoms with Crippen molar-refractivity contribution < 1.29 is 9.59 Å². The zero-order valence-electron chi connectivity index (χ0n) is 14.7. The highest BCUT2D eigenvalue weighted by atomic mass is 35.5. The van der Waals surface area contributed by atoms with Gasteiger partial charge in [-0.2, -0.15) is 0 Å². The number of ketones is 1. The number of anilines is 1. The number of hydrogen-bond acceptors (Lipinski definition) is 3. The Labute approximate surface area is 163 Å². The van der Waals surface area contributed by atoms with Crippen LogP contribution in [0.2, 0.25) is 5.02 Å².